The number of sulfonamides is 1. The second kappa shape index (κ2) is 8.68. The fraction of sp³-hybridized carbons (Fsp3) is 0.0500. The van der Waals surface area contributed by atoms with Gasteiger partial charge in [0.15, 0.2) is 0 Å². The molecule has 0 aromatic heterocycles. The quantitative estimate of drug-likeness (QED) is 0.530. The molecule has 3 aromatic rings. The minimum Gasteiger partial charge on any atom is -0.322 e. The Balaban J connectivity index is 1.77. The lowest BCUT2D eigenvalue weighted by Crippen LogP contribution is -2.14. The maximum Gasteiger partial charge on any atom is 0.261 e. The van der Waals surface area contributed by atoms with Crippen molar-refractivity contribution in [1.29, 1.82) is 0 Å². The van der Waals surface area contributed by atoms with Gasteiger partial charge in [-0.05, 0) is 54.8 Å². The van der Waals surface area contributed by atoms with Crippen LogP contribution in [0.5, 0.6) is 0 Å². The highest BCUT2D eigenvalue weighted by molar-refractivity contribution is 7.98. The molecule has 0 radical (unpaired) electrons. The number of anilines is 2. The van der Waals surface area contributed by atoms with Crippen LogP contribution in [0.15, 0.2) is 82.6 Å². The van der Waals surface area contributed by atoms with E-state index < -0.39 is 10.0 Å². The highest BCUT2D eigenvalue weighted by Crippen LogP contribution is 2.26. The number of hydrogen-bond acceptors (Lipinski definition) is 4. The first-order valence-corrected chi connectivity index (χ1v) is 11.3. The smallest absolute Gasteiger partial charge is 0.261 e. The highest BCUT2D eigenvalue weighted by atomic mass is 35.5. The zero-order valence-corrected chi connectivity index (χ0v) is 17.2. The Morgan fingerprint density at radius 2 is 1.71 bits per heavy atom. The molecule has 3 aromatic carbocycles. The molecule has 28 heavy (non-hydrogen) atoms. The monoisotopic (exact) mass is 432 g/mol. The van der Waals surface area contributed by atoms with E-state index in [1.54, 1.807) is 36.0 Å². The van der Waals surface area contributed by atoms with E-state index in [9.17, 15) is 13.2 Å². The molecule has 5 nitrogen and oxygen atoms in total. The van der Waals surface area contributed by atoms with Crippen LogP contribution < -0.4 is 10.0 Å². The van der Waals surface area contributed by atoms with Crippen molar-refractivity contribution < 1.29 is 13.2 Å². The number of rotatable bonds is 6. The molecule has 1 amide bonds. The van der Waals surface area contributed by atoms with Gasteiger partial charge in [-0.2, -0.15) is 0 Å². The van der Waals surface area contributed by atoms with Gasteiger partial charge < -0.3 is 5.32 Å². The van der Waals surface area contributed by atoms with Gasteiger partial charge >= 0.3 is 0 Å². The van der Waals surface area contributed by atoms with Gasteiger partial charge in [0.1, 0.15) is 0 Å². The van der Waals surface area contributed by atoms with Crippen molar-refractivity contribution in [3.05, 3.63) is 83.4 Å². The SMILES string of the molecule is CSc1cccc(NC(=O)c2ccc(NS(=O)(=O)c3ccccc3)c(Cl)c2)c1. The molecule has 0 aliphatic heterocycles. The van der Waals surface area contributed by atoms with Gasteiger partial charge in [-0.25, -0.2) is 8.42 Å². The van der Waals surface area contributed by atoms with Crippen LogP contribution >= 0.6 is 23.4 Å². The minimum absolute atomic E-state index is 0.126. The van der Waals surface area contributed by atoms with Crippen LogP contribution in [-0.2, 0) is 10.0 Å². The van der Waals surface area contributed by atoms with Crippen molar-refractivity contribution in [2.24, 2.45) is 0 Å². The molecule has 0 aliphatic rings. The molecule has 0 heterocycles. The van der Waals surface area contributed by atoms with E-state index in [0.29, 0.717) is 11.3 Å². The number of amides is 1. The van der Waals surface area contributed by atoms with Crippen molar-refractivity contribution >= 4 is 50.7 Å². The summed E-state index contributed by atoms with van der Waals surface area (Å²) in [5.41, 5.74) is 1.19. The molecule has 144 valence electrons. The standard InChI is InChI=1S/C20H17ClN2O3S2/c1-27-16-7-5-6-15(13-16)22-20(24)14-10-11-19(18(21)12-14)23-28(25,26)17-8-3-2-4-9-17/h2-13,23H,1H3,(H,22,24). The Kier molecular flexibility index (Phi) is 6.28. The van der Waals surface area contributed by atoms with Crippen LogP contribution in [0.1, 0.15) is 10.4 Å². The lowest BCUT2D eigenvalue weighted by atomic mass is 10.2. The van der Waals surface area contributed by atoms with Gasteiger partial charge in [-0.15, -0.1) is 11.8 Å². The van der Waals surface area contributed by atoms with Crippen LogP contribution in [0, 0.1) is 0 Å². The fourth-order valence-corrected chi connectivity index (χ4v) is 4.29. The largest absolute Gasteiger partial charge is 0.322 e. The summed E-state index contributed by atoms with van der Waals surface area (Å²) >= 11 is 7.78. The van der Waals surface area contributed by atoms with Crippen LogP contribution in [0.3, 0.4) is 0 Å². The molecular weight excluding hydrogens is 416 g/mol. The van der Waals surface area contributed by atoms with Crippen molar-refractivity contribution in [2.75, 3.05) is 16.3 Å². The van der Waals surface area contributed by atoms with Gasteiger partial charge in [0.2, 0.25) is 0 Å². The van der Waals surface area contributed by atoms with Crippen LogP contribution in [0.25, 0.3) is 0 Å². The summed E-state index contributed by atoms with van der Waals surface area (Å²) in [6.45, 7) is 0. The van der Waals surface area contributed by atoms with Crippen molar-refractivity contribution in [1.82, 2.24) is 0 Å². The third kappa shape index (κ3) is 4.86. The lowest BCUT2D eigenvalue weighted by molar-refractivity contribution is 0.102. The van der Waals surface area contributed by atoms with Crippen LogP contribution in [-0.4, -0.2) is 20.6 Å². The Morgan fingerprint density at radius 3 is 2.39 bits per heavy atom. The van der Waals surface area contributed by atoms with Crippen molar-refractivity contribution in [3.63, 3.8) is 0 Å². The van der Waals surface area contributed by atoms with Gasteiger partial charge in [0, 0.05) is 16.1 Å². The maximum absolute atomic E-state index is 12.5. The molecule has 0 spiro atoms. The number of benzene rings is 3. The summed E-state index contributed by atoms with van der Waals surface area (Å²) in [5, 5.41) is 2.93. The average molecular weight is 433 g/mol. The number of carbonyl (C=O) groups excluding carboxylic acids is 1. The molecule has 0 saturated carbocycles. The van der Waals surface area contributed by atoms with Crippen LogP contribution in [0.2, 0.25) is 5.02 Å². The predicted octanol–water partition coefficient (Wildman–Crippen LogP) is 5.12. The predicted molar refractivity (Wildman–Crippen MR) is 115 cm³/mol. The van der Waals surface area contributed by atoms with Gasteiger partial charge in [-0.1, -0.05) is 35.9 Å². The zero-order valence-electron chi connectivity index (χ0n) is 14.8. The van der Waals surface area contributed by atoms with Crippen molar-refractivity contribution in [2.45, 2.75) is 9.79 Å². The molecule has 0 aliphatic carbocycles. The normalized spacial score (nSPS) is 11.1. The third-order valence-electron chi connectivity index (χ3n) is 3.86. The minimum atomic E-state index is -3.76. The topological polar surface area (TPSA) is 75.3 Å². The number of nitrogens with one attached hydrogen (secondary N) is 2. The molecule has 0 unspecified atom stereocenters. The van der Waals surface area contributed by atoms with Gasteiger partial charge in [0.05, 0.1) is 15.6 Å². The number of carbonyl (C=O) groups is 1. The van der Waals surface area contributed by atoms with E-state index in [4.69, 9.17) is 11.6 Å². The first-order chi connectivity index (χ1) is 13.4. The lowest BCUT2D eigenvalue weighted by Gasteiger charge is -2.11. The summed E-state index contributed by atoms with van der Waals surface area (Å²) in [7, 11) is -3.76. The highest BCUT2D eigenvalue weighted by Gasteiger charge is 2.16. The molecule has 0 bridgehead atoms. The average Bonchev–Trinajstić information content (AvgIpc) is 2.70. The molecule has 8 heteroatoms. The second-order valence-electron chi connectivity index (χ2n) is 5.80. The van der Waals surface area contributed by atoms with Gasteiger partial charge in [0.25, 0.3) is 15.9 Å². The van der Waals surface area contributed by atoms with E-state index >= 15 is 0 Å². The maximum atomic E-state index is 12.5. The Bertz CT molecular complexity index is 1100. The van der Waals surface area contributed by atoms with Crippen LogP contribution in [0.4, 0.5) is 11.4 Å². The fourth-order valence-electron chi connectivity index (χ4n) is 2.45. The summed E-state index contributed by atoms with van der Waals surface area (Å²) in [4.78, 5) is 13.6. The molecule has 2 N–H and O–H groups in total. The Labute approximate surface area is 173 Å². The van der Waals surface area contributed by atoms with Gasteiger partial charge in [-0.3, -0.25) is 9.52 Å². The summed E-state index contributed by atoms with van der Waals surface area (Å²) in [5.74, 6) is -0.336. The Hall–Kier alpha value is -2.48. The Morgan fingerprint density at radius 1 is 0.964 bits per heavy atom. The summed E-state index contributed by atoms with van der Waals surface area (Å²) in [6, 6.07) is 19.9. The van der Waals surface area contributed by atoms with E-state index in [1.165, 1.54) is 30.3 Å². The first-order valence-electron chi connectivity index (χ1n) is 8.22. The zero-order chi connectivity index (χ0) is 20.1. The van der Waals surface area contributed by atoms with E-state index in [-0.39, 0.29) is 21.5 Å². The molecule has 3 rings (SSSR count). The third-order valence-corrected chi connectivity index (χ3v) is 6.28. The molecule has 0 fully saturated rings. The second-order valence-corrected chi connectivity index (χ2v) is 8.77. The molecular formula is C20H17ClN2O3S2. The number of thioether (sulfide) groups is 1. The first kappa shape index (κ1) is 20.3. The summed E-state index contributed by atoms with van der Waals surface area (Å²) in [6.07, 6.45) is 1.95. The van der Waals surface area contributed by atoms with E-state index in [1.807, 2.05) is 24.5 Å². The summed E-state index contributed by atoms with van der Waals surface area (Å²) < 4.78 is 27.3. The van der Waals surface area contributed by atoms with E-state index in [2.05, 4.69) is 10.0 Å². The molecule has 0 saturated heterocycles. The molecule has 0 atom stereocenters. The van der Waals surface area contributed by atoms with E-state index in [0.717, 1.165) is 4.90 Å². The number of halogens is 1. The number of hydrogen-bond donors (Lipinski definition) is 2. The van der Waals surface area contributed by atoms with Crippen molar-refractivity contribution in [3.8, 4) is 0 Å².